The molecule has 1 amide bonds. The SMILES string of the molecule is C[C@H](NC(=O)c1ccc2c(c1)NCC2)c1cccc(Cl)c1. The van der Waals surface area contributed by atoms with Gasteiger partial charge >= 0.3 is 0 Å². The van der Waals surface area contributed by atoms with Crippen LogP contribution in [0.2, 0.25) is 5.02 Å². The first kappa shape index (κ1) is 14.0. The standard InChI is InChI=1S/C17H17ClN2O/c1-11(13-3-2-4-15(18)9-13)20-17(21)14-6-5-12-7-8-19-16(12)10-14/h2-6,9-11,19H,7-8H2,1H3,(H,20,21)/t11-/m0/s1. The van der Waals surface area contributed by atoms with Crippen molar-refractivity contribution in [3.05, 3.63) is 64.2 Å². The molecule has 0 unspecified atom stereocenters. The van der Waals surface area contributed by atoms with Gasteiger partial charge in [-0.1, -0.05) is 29.8 Å². The Hall–Kier alpha value is -2.00. The van der Waals surface area contributed by atoms with Gasteiger partial charge in [0.15, 0.2) is 0 Å². The van der Waals surface area contributed by atoms with Gasteiger partial charge in [-0.15, -0.1) is 0 Å². The van der Waals surface area contributed by atoms with E-state index in [1.807, 2.05) is 49.4 Å². The number of carbonyl (C=O) groups is 1. The summed E-state index contributed by atoms with van der Waals surface area (Å²) in [6.07, 6.45) is 1.02. The Balaban J connectivity index is 1.74. The van der Waals surface area contributed by atoms with Gasteiger partial charge in [-0.3, -0.25) is 4.79 Å². The highest BCUT2D eigenvalue weighted by Crippen LogP contribution is 2.24. The van der Waals surface area contributed by atoms with Gasteiger partial charge in [-0.25, -0.2) is 0 Å². The van der Waals surface area contributed by atoms with Crippen LogP contribution >= 0.6 is 11.6 Å². The predicted octanol–water partition coefficient (Wildman–Crippen LogP) is 3.80. The maximum atomic E-state index is 12.3. The monoisotopic (exact) mass is 300 g/mol. The summed E-state index contributed by atoms with van der Waals surface area (Å²) in [4.78, 5) is 12.3. The third kappa shape index (κ3) is 3.03. The summed E-state index contributed by atoms with van der Waals surface area (Å²) in [6, 6.07) is 13.3. The number of nitrogens with one attached hydrogen (secondary N) is 2. The summed E-state index contributed by atoms with van der Waals surface area (Å²) in [5, 5.41) is 6.97. The first-order valence-electron chi connectivity index (χ1n) is 7.06. The van der Waals surface area contributed by atoms with E-state index in [2.05, 4.69) is 10.6 Å². The first-order valence-corrected chi connectivity index (χ1v) is 7.44. The Labute approximate surface area is 129 Å². The number of anilines is 1. The summed E-state index contributed by atoms with van der Waals surface area (Å²) in [5.74, 6) is -0.0704. The van der Waals surface area contributed by atoms with Crippen LogP contribution in [0.3, 0.4) is 0 Å². The molecule has 2 aromatic rings. The average molecular weight is 301 g/mol. The highest BCUT2D eigenvalue weighted by Gasteiger charge is 2.15. The van der Waals surface area contributed by atoms with Crippen molar-refractivity contribution in [3.8, 4) is 0 Å². The van der Waals surface area contributed by atoms with Gasteiger partial charge in [0, 0.05) is 22.8 Å². The minimum atomic E-state index is -0.0857. The first-order chi connectivity index (χ1) is 10.1. The molecule has 0 bridgehead atoms. The van der Waals surface area contributed by atoms with Crippen molar-refractivity contribution < 1.29 is 4.79 Å². The molecule has 3 rings (SSSR count). The zero-order chi connectivity index (χ0) is 14.8. The van der Waals surface area contributed by atoms with Crippen LogP contribution in [0.1, 0.15) is 34.5 Å². The zero-order valence-corrected chi connectivity index (χ0v) is 12.6. The van der Waals surface area contributed by atoms with Gasteiger partial charge in [0.05, 0.1) is 6.04 Å². The average Bonchev–Trinajstić information content (AvgIpc) is 2.94. The van der Waals surface area contributed by atoms with Crippen molar-refractivity contribution in [2.45, 2.75) is 19.4 Å². The molecule has 0 aliphatic carbocycles. The normalized spacial score (nSPS) is 14.2. The van der Waals surface area contributed by atoms with E-state index in [4.69, 9.17) is 11.6 Å². The third-order valence-electron chi connectivity index (χ3n) is 3.78. The fourth-order valence-electron chi connectivity index (χ4n) is 2.57. The highest BCUT2D eigenvalue weighted by molar-refractivity contribution is 6.30. The smallest absolute Gasteiger partial charge is 0.251 e. The molecule has 0 saturated heterocycles. The fourth-order valence-corrected chi connectivity index (χ4v) is 2.77. The van der Waals surface area contributed by atoms with Crippen molar-refractivity contribution in [1.29, 1.82) is 0 Å². The van der Waals surface area contributed by atoms with Gasteiger partial charge in [0.2, 0.25) is 0 Å². The summed E-state index contributed by atoms with van der Waals surface area (Å²) >= 11 is 5.99. The van der Waals surface area contributed by atoms with Crippen LogP contribution in [0.25, 0.3) is 0 Å². The fraction of sp³-hybridized carbons (Fsp3) is 0.235. The second-order valence-electron chi connectivity index (χ2n) is 5.30. The quantitative estimate of drug-likeness (QED) is 0.905. The molecule has 4 heteroatoms. The number of halogens is 1. The zero-order valence-electron chi connectivity index (χ0n) is 11.8. The van der Waals surface area contributed by atoms with E-state index in [9.17, 15) is 4.79 Å². The van der Waals surface area contributed by atoms with E-state index >= 15 is 0 Å². The maximum absolute atomic E-state index is 12.3. The molecule has 21 heavy (non-hydrogen) atoms. The molecule has 1 atom stereocenters. The van der Waals surface area contributed by atoms with E-state index in [-0.39, 0.29) is 11.9 Å². The van der Waals surface area contributed by atoms with Crippen molar-refractivity contribution in [2.24, 2.45) is 0 Å². The number of benzene rings is 2. The van der Waals surface area contributed by atoms with E-state index in [1.54, 1.807) is 0 Å². The second kappa shape index (κ2) is 5.78. The second-order valence-corrected chi connectivity index (χ2v) is 5.74. The van der Waals surface area contributed by atoms with Gasteiger partial charge in [0.25, 0.3) is 5.91 Å². The van der Waals surface area contributed by atoms with Gasteiger partial charge in [0.1, 0.15) is 0 Å². The van der Waals surface area contributed by atoms with Crippen LogP contribution in [-0.4, -0.2) is 12.5 Å². The van der Waals surface area contributed by atoms with Crippen molar-refractivity contribution in [3.63, 3.8) is 0 Å². The lowest BCUT2D eigenvalue weighted by Crippen LogP contribution is -2.26. The molecular formula is C17H17ClN2O. The van der Waals surface area contributed by atoms with E-state index < -0.39 is 0 Å². The number of fused-ring (bicyclic) bond motifs is 1. The molecular weight excluding hydrogens is 284 g/mol. The molecule has 1 aliphatic rings. The van der Waals surface area contributed by atoms with Crippen LogP contribution in [-0.2, 0) is 6.42 Å². The van der Waals surface area contributed by atoms with Gasteiger partial charge < -0.3 is 10.6 Å². The maximum Gasteiger partial charge on any atom is 0.251 e. The lowest BCUT2D eigenvalue weighted by Gasteiger charge is -2.15. The molecule has 0 radical (unpaired) electrons. The molecule has 0 saturated carbocycles. The Morgan fingerprint density at radius 3 is 2.95 bits per heavy atom. The largest absolute Gasteiger partial charge is 0.384 e. The molecule has 0 spiro atoms. The Kier molecular flexibility index (Phi) is 3.84. The van der Waals surface area contributed by atoms with Crippen LogP contribution in [0.4, 0.5) is 5.69 Å². The molecule has 108 valence electrons. The molecule has 0 aromatic heterocycles. The van der Waals surface area contributed by atoms with Crippen molar-refractivity contribution in [1.82, 2.24) is 5.32 Å². The molecule has 2 N–H and O–H groups in total. The summed E-state index contributed by atoms with van der Waals surface area (Å²) < 4.78 is 0. The summed E-state index contributed by atoms with van der Waals surface area (Å²) in [6.45, 7) is 2.90. The molecule has 0 fully saturated rings. The molecule has 3 nitrogen and oxygen atoms in total. The minimum absolute atomic E-state index is 0.0704. The van der Waals surface area contributed by atoms with Crippen LogP contribution < -0.4 is 10.6 Å². The molecule has 1 aliphatic heterocycles. The third-order valence-corrected chi connectivity index (χ3v) is 4.01. The Bertz CT molecular complexity index is 684. The van der Waals surface area contributed by atoms with Crippen molar-refractivity contribution >= 4 is 23.2 Å². The summed E-state index contributed by atoms with van der Waals surface area (Å²) in [5.41, 5.74) is 4.01. The number of hydrogen-bond acceptors (Lipinski definition) is 2. The molecule has 2 aromatic carbocycles. The van der Waals surface area contributed by atoms with Gasteiger partial charge in [-0.05, 0) is 48.7 Å². The van der Waals surface area contributed by atoms with Crippen LogP contribution in [0.15, 0.2) is 42.5 Å². The van der Waals surface area contributed by atoms with Crippen LogP contribution in [0, 0.1) is 0 Å². The summed E-state index contributed by atoms with van der Waals surface area (Å²) in [7, 11) is 0. The van der Waals surface area contributed by atoms with Crippen molar-refractivity contribution in [2.75, 3.05) is 11.9 Å². The highest BCUT2D eigenvalue weighted by atomic mass is 35.5. The Morgan fingerprint density at radius 2 is 2.14 bits per heavy atom. The lowest BCUT2D eigenvalue weighted by molar-refractivity contribution is 0.0940. The van der Waals surface area contributed by atoms with E-state index in [0.29, 0.717) is 10.6 Å². The number of rotatable bonds is 3. The number of amides is 1. The van der Waals surface area contributed by atoms with Gasteiger partial charge in [-0.2, -0.15) is 0 Å². The number of hydrogen-bond donors (Lipinski definition) is 2. The van der Waals surface area contributed by atoms with Crippen LogP contribution in [0.5, 0.6) is 0 Å². The van der Waals surface area contributed by atoms with E-state index in [0.717, 1.165) is 24.2 Å². The molecule has 1 heterocycles. The van der Waals surface area contributed by atoms with E-state index in [1.165, 1.54) is 5.56 Å². The Morgan fingerprint density at radius 1 is 1.29 bits per heavy atom. The predicted molar refractivity (Wildman–Crippen MR) is 86.0 cm³/mol. The minimum Gasteiger partial charge on any atom is -0.384 e. The lowest BCUT2D eigenvalue weighted by atomic mass is 10.1. The topological polar surface area (TPSA) is 41.1 Å². The number of carbonyl (C=O) groups excluding carboxylic acids is 1.